The van der Waals surface area contributed by atoms with Crippen LogP contribution in [0.5, 0.6) is 0 Å². The molecule has 0 spiro atoms. The van der Waals surface area contributed by atoms with Crippen LogP contribution in [0.3, 0.4) is 0 Å². The van der Waals surface area contributed by atoms with Gasteiger partial charge in [0.2, 0.25) is 5.91 Å². The fourth-order valence-electron chi connectivity index (χ4n) is 4.10. The average molecular weight is 439 g/mol. The van der Waals surface area contributed by atoms with Gasteiger partial charge in [0.15, 0.2) is 0 Å². The summed E-state index contributed by atoms with van der Waals surface area (Å²) < 4.78 is 5.55. The third-order valence-electron chi connectivity index (χ3n) is 5.90. The van der Waals surface area contributed by atoms with E-state index in [4.69, 9.17) is 9.84 Å². The third-order valence-corrected chi connectivity index (χ3v) is 5.90. The first-order chi connectivity index (χ1) is 15.2. The molecule has 1 unspecified atom stereocenters. The number of carboxylic acids is 1. The van der Waals surface area contributed by atoms with Crippen LogP contribution in [0, 0.1) is 11.8 Å². The highest BCUT2D eigenvalue weighted by Crippen LogP contribution is 2.44. The number of carbonyl (C=O) groups is 3. The Labute approximate surface area is 188 Å². The van der Waals surface area contributed by atoms with Gasteiger partial charge in [-0.15, -0.1) is 0 Å². The van der Waals surface area contributed by atoms with Crippen LogP contribution in [0.25, 0.3) is 11.1 Å². The Morgan fingerprint density at radius 3 is 2.03 bits per heavy atom. The van der Waals surface area contributed by atoms with Crippen molar-refractivity contribution < 1.29 is 24.2 Å². The number of benzene rings is 2. The van der Waals surface area contributed by atoms with Crippen molar-refractivity contribution in [3.05, 3.63) is 59.7 Å². The number of hydrogen-bond acceptors (Lipinski definition) is 4. The van der Waals surface area contributed by atoms with E-state index in [0.29, 0.717) is 0 Å². The minimum absolute atomic E-state index is 0.0593. The van der Waals surface area contributed by atoms with Gasteiger partial charge >= 0.3 is 12.1 Å². The molecule has 7 nitrogen and oxygen atoms in total. The fraction of sp³-hybridized carbons (Fsp3) is 0.400. The second-order valence-corrected chi connectivity index (χ2v) is 8.65. The van der Waals surface area contributed by atoms with Crippen molar-refractivity contribution in [1.82, 2.24) is 10.2 Å². The van der Waals surface area contributed by atoms with E-state index in [9.17, 15) is 14.4 Å². The molecule has 0 fully saturated rings. The molecule has 0 heterocycles. The largest absolute Gasteiger partial charge is 0.481 e. The average Bonchev–Trinajstić information content (AvgIpc) is 3.09. The van der Waals surface area contributed by atoms with Crippen LogP contribution in [0.4, 0.5) is 4.79 Å². The zero-order valence-electron chi connectivity index (χ0n) is 18.9. The minimum atomic E-state index is -0.977. The first-order valence-corrected chi connectivity index (χ1v) is 10.8. The summed E-state index contributed by atoms with van der Waals surface area (Å²) in [5.74, 6) is -2.28. The topological polar surface area (TPSA) is 95.9 Å². The summed E-state index contributed by atoms with van der Waals surface area (Å²) in [5, 5.41) is 11.8. The molecule has 2 N–H and O–H groups in total. The van der Waals surface area contributed by atoms with Crippen LogP contribution >= 0.6 is 0 Å². The molecule has 0 aromatic heterocycles. The summed E-state index contributed by atoms with van der Waals surface area (Å²) in [6.07, 6.45) is -0.668. The summed E-state index contributed by atoms with van der Waals surface area (Å²) in [7, 11) is 1.54. The number of aliphatic carboxylic acids is 1. The second kappa shape index (κ2) is 9.85. The van der Waals surface area contributed by atoms with E-state index in [0.717, 1.165) is 22.3 Å². The second-order valence-electron chi connectivity index (χ2n) is 8.65. The van der Waals surface area contributed by atoms with Gasteiger partial charge in [-0.05, 0) is 28.2 Å². The molecular formula is C25H30N2O5. The van der Waals surface area contributed by atoms with Gasteiger partial charge in [-0.1, -0.05) is 69.3 Å². The number of fused-ring (bicyclic) bond motifs is 3. The summed E-state index contributed by atoms with van der Waals surface area (Å²) >= 11 is 0. The molecule has 0 radical (unpaired) electrons. The molecule has 0 saturated heterocycles. The Hall–Kier alpha value is -3.35. The monoisotopic (exact) mass is 438 g/mol. The van der Waals surface area contributed by atoms with Crippen molar-refractivity contribution in [2.45, 2.75) is 32.7 Å². The zero-order valence-corrected chi connectivity index (χ0v) is 18.9. The molecule has 1 aliphatic carbocycles. The van der Waals surface area contributed by atoms with E-state index in [2.05, 4.69) is 17.4 Å². The highest BCUT2D eigenvalue weighted by molar-refractivity contribution is 5.86. The number of carbonyl (C=O) groups excluding carboxylic acids is 2. The molecule has 7 heteroatoms. The smallest absolute Gasteiger partial charge is 0.407 e. The Morgan fingerprint density at radius 2 is 1.53 bits per heavy atom. The SMILES string of the molecule is CC(CN(C)C(=O)[C@H](NC(=O)OCC1c2ccccc2-c2ccccc21)C(C)C)C(=O)O. The zero-order chi connectivity index (χ0) is 23.4. The highest BCUT2D eigenvalue weighted by Gasteiger charge is 2.31. The maximum atomic E-state index is 12.8. The first kappa shape index (κ1) is 23.3. The van der Waals surface area contributed by atoms with Crippen molar-refractivity contribution in [2.24, 2.45) is 11.8 Å². The highest BCUT2D eigenvalue weighted by atomic mass is 16.5. The third kappa shape index (κ3) is 4.93. The molecule has 0 bridgehead atoms. The van der Waals surface area contributed by atoms with Crippen LogP contribution in [-0.2, 0) is 14.3 Å². The van der Waals surface area contributed by atoms with E-state index < -0.39 is 24.0 Å². The number of amides is 2. The van der Waals surface area contributed by atoms with E-state index in [1.807, 2.05) is 50.2 Å². The van der Waals surface area contributed by atoms with E-state index in [1.165, 1.54) is 18.9 Å². The van der Waals surface area contributed by atoms with E-state index in [1.54, 1.807) is 0 Å². The molecule has 2 aromatic rings. The number of ether oxygens (including phenoxy) is 1. The number of likely N-dealkylation sites (N-methyl/N-ethyl adjacent to an activating group) is 1. The standard InChI is InChI=1S/C25H30N2O5/c1-15(2)22(23(28)27(4)13-16(3)24(29)30)26-25(31)32-14-21-19-11-7-5-9-17(19)18-10-6-8-12-20(18)21/h5-12,15-16,21-22H,13-14H2,1-4H3,(H,26,31)(H,29,30)/t16?,22-/m1/s1. The van der Waals surface area contributed by atoms with Crippen LogP contribution in [0.2, 0.25) is 0 Å². The lowest BCUT2D eigenvalue weighted by molar-refractivity contribution is -0.143. The van der Waals surface area contributed by atoms with Gasteiger partial charge in [0.1, 0.15) is 12.6 Å². The Kier molecular flexibility index (Phi) is 7.18. The number of nitrogens with zero attached hydrogens (tertiary/aromatic N) is 1. The molecular weight excluding hydrogens is 408 g/mol. The van der Waals surface area contributed by atoms with E-state index in [-0.39, 0.29) is 30.9 Å². The molecule has 32 heavy (non-hydrogen) atoms. The lowest BCUT2D eigenvalue weighted by atomic mass is 9.98. The summed E-state index contributed by atoms with van der Waals surface area (Å²) in [6.45, 7) is 5.39. The van der Waals surface area contributed by atoms with Crippen LogP contribution in [0.15, 0.2) is 48.5 Å². The molecule has 1 aliphatic rings. The predicted octanol–water partition coefficient (Wildman–Crippen LogP) is 3.73. The van der Waals surface area contributed by atoms with Crippen molar-refractivity contribution in [3.8, 4) is 11.1 Å². The molecule has 0 aliphatic heterocycles. The van der Waals surface area contributed by atoms with Crippen molar-refractivity contribution in [3.63, 3.8) is 0 Å². The number of alkyl carbamates (subject to hydrolysis) is 1. The van der Waals surface area contributed by atoms with Gasteiger partial charge in [0.05, 0.1) is 5.92 Å². The van der Waals surface area contributed by atoms with Crippen LogP contribution < -0.4 is 5.32 Å². The summed E-state index contributed by atoms with van der Waals surface area (Å²) in [4.78, 5) is 37.9. The van der Waals surface area contributed by atoms with Crippen LogP contribution in [0.1, 0.15) is 37.8 Å². The Bertz CT molecular complexity index is 958. The molecule has 2 amide bonds. The Morgan fingerprint density at radius 1 is 1.00 bits per heavy atom. The summed E-state index contributed by atoms with van der Waals surface area (Å²) in [6, 6.07) is 15.3. The molecule has 170 valence electrons. The van der Waals surface area contributed by atoms with Gasteiger partial charge in [0.25, 0.3) is 0 Å². The van der Waals surface area contributed by atoms with Crippen molar-refractivity contribution >= 4 is 18.0 Å². The number of nitrogens with one attached hydrogen (secondary N) is 1. The number of hydrogen-bond donors (Lipinski definition) is 2. The Balaban J connectivity index is 1.65. The number of rotatable bonds is 8. The van der Waals surface area contributed by atoms with Crippen molar-refractivity contribution in [1.29, 1.82) is 0 Å². The maximum absolute atomic E-state index is 12.8. The van der Waals surface area contributed by atoms with Crippen molar-refractivity contribution in [2.75, 3.05) is 20.2 Å². The lowest BCUT2D eigenvalue weighted by Crippen LogP contribution is -2.51. The minimum Gasteiger partial charge on any atom is -0.481 e. The van der Waals surface area contributed by atoms with Crippen LogP contribution in [-0.4, -0.2) is 54.2 Å². The molecule has 0 saturated carbocycles. The number of carboxylic acid groups (broad SMARTS) is 1. The normalized spacial score (nSPS) is 14.3. The van der Waals surface area contributed by atoms with Gasteiger partial charge in [0, 0.05) is 19.5 Å². The molecule has 2 atom stereocenters. The summed E-state index contributed by atoms with van der Waals surface area (Å²) in [5.41, 5.74) is 4.50. The predicted molar refractivity (Wildman–Crippen MR) is 121 cm³/mol. The van der Waals surface area contributed by atoms with Gasteiger partial charge in [-0.25, -0.2) is 4.79 Å². The lowest BCUT2D eigenvalue weighted by Gasteiger charge is -2.28. The molecule has 2 aromatic carbocycles. The maximum Gasteiger partial charge on any atom is 0.407 e. The fourth-order valence-corrected chi connectivity index (χ4v) is 4.10. The van der Waals surface area contributed by atoms with Gasteiger partial charge in [-0.3, -0.25) is 9.59 Å². The van der Waals surface area contributed by atoms with Gasteiger partial charge < -0.3 is 20.1 Å². The van der Waals surface area contributed by atoms with E-state index >= 15 is 0 Å². The molecule has 3 rings (SSSR count). The van der Waals surface area contributed by atoms with Gasteiger partial charge in [-0.2, -0.15) is 0 Å². The first-order valence-electron chi connectivity index (χ1n) is 10.8. The quantitative estimate of drug-likeness (QED) is 0.655.